The van der Waals surface area contributed by atoms with Gasteiger partial charge in [-0.2, -0.15) is 0 Å². The third-order valence-electron chi connectivity index (χ3n) is 3.05. The van der Waals surface area contributed by atoms with Gasteiger partial charge < -0.3 is 4.84 Å². The Morgan fingerprint density at radius 2 is 2.13 bits per heavy atom. The first-order chi connectivity index (χ1) is 7.00. The van der Waals surface area contributed by atoms with Gasteiger partial charge in [-0.25, -0.2) is 4.79 Å². The largest absolute Gasteiger partial charge is 0.331 e. The van der Waals surface area contributed by atoms with E-state index in [9.17, 15) is 4.79 Å². The number of hydrogen-bond acceptors (Lipinski definition) is 3. The second-order valence-electron chi connectivity index (χ2n) is 4.90. The van der Waals surface area contributed by atoms with E-state index < -0.39 is 0 Å². The van der Waals surface area contributed by atoms with Crippen molar-refractivity contribution in [3.05, 3.63) is 0 Å². The Balaban J connectivity index is 2.69. The van der Waals surface area contributed by atoms with Crippen LogP contribution in [-0.2, 0) is 9.63 Å². The van der Waals surface area contributed by atoms with Crippen molar-refractivity contribution in [3.63, 3.8) is 0 Å². The molecule has 0 bridgehead atoms. The second kappa shape index (κ2) is 5.29. The van der Waals surface area contributed by atoms with Crippen LogP contribution in [0.2, 0.25) is 0 Å². The van der Waals surface area contributed by atoms with E-state index in [0.717, 1.165) is 12.1 Å². The van der Waals surface area contributed by atoms with Gasteiger partial charge in [0.2, 0.25) is 0 Å². The van der Waals surface area contributed by atoms with Crippen LogP contribution >= 0.6 is 0 Å². The number of nitrogens with zero attached hydrogens (tertiary/aromatic N) is 1. The molecular formula is C12H21NO2. The molecule has 0 amide bonds. The van der Waals surface area contributed by atoms with Crippen molar-refractivity contribution < 1.29 is 9.63 Å². The third-order valence-corrected chi connectivity index (χ3v) is 3.05. The molecule has 0 heterocycles. The first kappa shape index (κ1) is 12.2. The van der Waals surface area contributed by atoms with Crippen LogP contribution < -0.4 is 0 Å². The Hall–Kier alpha value is -0.860. The van der Waals surface area contributed by atoms with Gasteiger partial charge in [-0.15, -0.1) is 0 Å². The van der Waals surface area contributed by atoms with Crippen LogP contribution in [0.25, 0.3) is 0 Å². The maximum Gasteiger partial charge on any atom is 0.331 e. The standard InChI is InChI=1S/C12H21NO2/c1-8(2)11-6-5-9(3)7-12(11)13-15-10(4)14/h8-9,11H,5-7H2,1-4H3/b13-12+/t9-,11+/m1/s1. The van der Waals surface area contributed by atoms with Gasteiger partial charge in [-0.3, -0.25) is 0 Å². The molecule has 0 radical (unpaired) electrons. The predicted octanol–water partition coefficient (Wildman–Crippen LogP) is 3.00. The summed E-state index contributed by atoms with van der Waals surface area (Å²) >= 11 is 0. The van der Waals surface area contributed by atoms with E-state index in [1.807, 2.05) is 0 Å². The molecule has 0 N–H and O–H groups in total. The molecule has 1 aliphatic rings. The summed E-state index contributed by atoms with van der Waals surface area (Å²) in [4.78, 5) is 15.5. The van der Waals surface area contributed by atoms with Gasteiger partial charge in [0.05, 0.1) is 5.71 Å². The fourth-order valence-electron chi connectivity index (χ4n) is 2.19. The zero-order valence-corrected chi connectivity index (χ0v) is 10.1. The SMILES string of the molecule is CC(=O)O/N=C1\C[C@H](C)CC[C@H]1C(C)C. The molecule has 1 saturated carbocycles. The van der Waals surface area contributed by atoms with Crippen molar-refractivity contribution in [1.82, 2.24) is 0 Å². The molecule has 0 unspecified atom stereocenters. The van der Waals surface area contributed by atoms with Gasteiger partial charge in [0.1, 0.15) is 0 Å². The lowest BCUT2D eigenvalue weighted by molar-refractivity contribution is -0.141. The van der Waals surface area contributed by atoms with Crippen molar-refractivity contribution in [1.29, 1.82) is 0 Å². The van der Waals surface area contributed by atoms with Crippen LogP contribution in [0, 0.1) is 17.8 Å². The Morgan fingerprint density at radius 3 is 2.67 bits per heavy atom. The number of hydrogen-bond donors (Lipinski definition) is 0. The molecule has 3 heteroatoms. The van der Waals surface area contributed by atoms with E-state index in [0.29, 0.717) is 17.8 Å². The van der Waals surface area contributed by atoms with Crippen LogP contribution in [0.1, 0.15) is 47.0 Å². The molecule has 86 valence electrons. The number of oxime groups is 1. The summed E-state index contributed by atoms with van der Waals surface area (Å²) in [5.41, 5.74) is 1.07. The van der Waals surface area contributed by atoms with Crippen molar-refractivity contribution in [2.75, 3.05) is 0 Å². The molecule has 0 aromatic rings. The van der Waals surface area contributed by atoms with Crippen molar-refractivity contribution in [2.24, 2.45) is 22.9 Å². The lowest BCUT2D eigenvalue weighted by Gasteiger charge is -2.30. The van der Waals surface area contributed by atoms with Gasteiger partial charge in [0.15, 0.2) is 0 Å². The first-order valence-electron chi connectivity index (χ1n) is 5.75. The smallest absolute Gasteiger partial charge is 0.319 e. The lowest BCUT2D eigenvalue weighted by atomic mass is 9.76. The fraction of sp³-hybridized carbons (Fsp3) is 0.833. The van der Waals surface area contributed by atoms with Crippen molar-refractivity contribution in [3.8, 4) is 0 Å². The molecule has 1 rings (SSSR count). The maximum absolute atomic E-state index is 10.7. The van der Waals surface area contributed by atoms with Crippen LogP contribution in [0.3, 0.4) is 0 Å². The van der Waals surface area contributed by atoms with E-state index in [1.165, 1.54) is 19.8 Å². The Morgan fingerprint density at radius 1 is 1.47 bits per heavy atom. The summed E-state index contributed by atoms with van der Waals surface area (Å²) in [5.74, 6) is 1.39. The molecule has 0 aliphatic heterocycles. The van der Waals surface area contributed by atoms with Gasteiger partial charge in [0, 0.05) is 12.8 Å². The van der Waals surface area contributed by atoms with E-state index >= 15 is 0 Å². The normalized spacial score (nSPS) is 29.5. The van der Waals surface area contributed by atoms with Gasteiger partial charge in [-0.1, -0.05) is 25.9 Å². The van der Waals surface area contributed by atoms with E-state index in [2.05, 4.69) is 25.9 Å². The molecule has 1 fully saturated rings. The van der Waals surface area contributed by atoms with Crippen LogP contribution in [0.15, 0.2) is 5.16 Å². The highest BCUT2D eigenvalue weighted by Crippen LogP contribution is 2.31. The molecule has 2 atom stereocenters. The second-order valence-corrected chi connectivity index (χ2v) is 4.90. The number of rotatable bonds is 2. The molecule has 0 aromatic carbocycles. The first-order valence-corrected chi connectivity index (χ1v) is 5.75. The summed E-state index contributed by atoms with van der Waals surface area (Å²) in [6.45, 7) is 8.01. The minimum Gasteiger partial charge on any atom is -0.319 e. The highest BCUT2D eigenvalue weighted by Gasteiger charge is 2.27. The highest BCUT2D eigenvalue weighted by molar-refractivity contribution is 5.88. The quantitative estimate of drug-likeness (QED) is 0.520. The fourth-order valence-corrected chi connectivity index (χ4v) is 2.19. The average molecular weight is 211 g/mol. The molecular weight excluding hydrogens is 190 g/mol. The Bertz CT molecular complexity index is 258. The van der Waals surface area contributed by atoms with Gasteiger partial charge in [-0.05, 0) is 31.1 Å². The van der Waals surface area contributed by atoms with Crippen LogP contribution in [0.4, 0.5) is 0 Å². The third kappa shape index (κ3) is 3.65. The topological polar surface area (TPSA) is 38.7 Å². The van der Waals surface area contributed by atoms with Crippen LogP contribution in [-0.4, -0.2) is 11.7 Å². The Labute approximate surface area is 91.9 Å². The Kier molecular flexibility index (Phi) is 4.30. The molecule has 1 aliphatic carbocycles. The number of carbonyl (C=O) groups is 1. The van der Waals surface area contributed by atoms with E-state index in [1.54, 1.807) is 0 Å². The number of carbonyl (C=O) groups excluding carboxylic acids is 1. The monoisotopic (exact) mass is 211 g/mol. The molecule has 0 saturated heterocycles. The highest BCUT2D eigenvalue weighted by atomic mass is 16.7. The van der Waals surface area contributed by atoms with Crippen molar-refractivity contribution >= 4 is 11.7 Å². The zero-order valence-electron chi connectivity index (χ0n) is 10.1. The summed E-state index contributed by atoms with van der Waals surface area (Å²) in [6, 6.07) is 0. The van der Waals surface area contributed by atoms with E-state index in [-0.39, 0.29) is 5.97 Å². The summed E-state index contributed by atoms with van der Waals surface area (Å²) in [5, 5.41) is 4.00. The van der Waals surface area contributed by atoms with Gasteiger partial charge in [0.25, 0.3) is 0 Å². The maximum atomic E-state index is 10.7. The molecule has 0 aromatic heterocycles. The van der Waals surface area contributed by atoms with Crippen molar-refractivity contribution in [2.45, 2.75) is 47.0 Å². The minimum atomic E-state index is -0.330. The average Bonchev–Trinajstić information content (AvgIpc) is 2.14. The lowest BCUT2D eigenvalue weighted by Crippen LogP contribution is -2.28. The van der Waals surface area contributed by atoms with E-state index in [4.69, 9.17) is 4.84 Å². The summed E-state index contributed by atoms with van der Waals surface area (Å²) < 4.78 is 0. The zero-order chi connectivity index (χ0) is 11.4. The predicted molar refractivity (Wildman–Crippen MR) is 60.5 cm³/mol. The summed E-state index contributed by atoms with van der Waals surface area (Å²) in [7, 11) is 0. The van der Waals surface area contributed by atoms with Gasteiger partial charge >= 0.3 is 5.97 Å². The van der Waals surface area contributed by atoms with Crippen LogP contribution in [0.5, 0.6) is 0 Å². The molecule has 15 heavy (non-hydrogen) atoms. The summed E-state index contributed by atoms with van der Waals surface area (Å²) in [6.07, 6.45) is 3.39. The molecule has 3 nitrogen and oxygen atoms in total. The minimum absolute atomic E-state index is 0.330. The molecule has 0 spiro atoms.